The lowest BCUT2D eigenvalue weighted by molar-refractivity contribution is 0.686. The largest absolute Gasteiger partial charge is 0.255 e. The first-order valence-corrected chi connectivity index (χ1v) is 9.85. The molecule has 26 heavy (non-hydrogen) atoms. The third-order valence-electron chi connectivity index (χ3n) is 4.15. The Bertz CT molecular complexity index is 1010. The number of benzene rings is 2. The Morgan fingerprint density at radius 2 is 1.77 bits per heavy atom. The number of hydrazone groups is 1. The molecule has 0 saturated heterocycles. The predicted molar refractivity (Wildman–Crippen MR) is 105 cm³/mol. The van der Waals surface area contributed by atoms with Crippen molar-refractivity contribution in [1.29, 1.82) is 0 Å². The second-order valence-corrected chi connectivity index (χ2v) is 7.21. The maximum Gasteiger partial charge on any atom is 0.0909 e. The van der Waals surface area contributed by atoms with Gasteiger partial charge in [0.2, 0.25) is 0 Å². The zero-order chi connectivity index (χ0) is 17.9. The normalized spacial score (nSPS) is 15.0. The van der Waals surface area contributed by atoms with Gasteiger partial charge in [-0.1, -0.05) is 36.4 Å². The van der Waals surface area contributed by atoms with Crippen molar-refractivity contribution in [1.82, 2.24) is 9.78 Å². The van der Waals surface area contributed by atoms with E-state index in [-0.39, 0.29) is 0 Å². The molecule has 0 aliphatic carbocycles. The van der Waals surface area contributed by atoms with Gasteiger partial charge in [0.25, 0.3) is 0 Å². The van der Waals surface area contributed by atoms with Crippen molar-refractivity contribution in [3.8, 4) is 5.69 Å². The van der Waals surface area contributed by atoms with Crippen molar-refractivity contribution in [3.05, 3.63) is 84.8 Å². The molecule has 1 aromatic heterocycles. The van der Waals surface area contributed by atoms with Gasteiger partial charge in [0.05, 0.1) is 44.7 Å². The maximum atomic E-state index is 12.1. The molecule has 3 aromatic rings. The first kappa shape index (κ1) is 16.5. The van der Waals surface area contributed by atoms with Crippen LogP contribution in [0.5, 0.6) is 0 Å². The van der Waals surface area contributed by atoms with Crippen molar-refractivity contribution in [2.24, 2.45) is 5.10 Å². The van der Waals surface area contributed by atoms with Crippen LogP contribution in [0.2, 0.25) is 0 Å². The molecule has 0 spiro atoms. The molecular weight excluding hydrogens is 344 g/mol. The van der Waals surface area contributed by atoms with Gasteiger partial charge in [0.1, 0.15) is 0 Å². The van der Waals surface area contributed by atoms with Crippen LogP contribution in [0.4, 0.5) is 5.69 Å². The van der Waals surface area contributed by atoms with Gasteiger partial charge in [0, 0.05) is 18.9 Å². The summed E-state index contributed by atoms with van der Waals surface area (Å²) < 4.78 is 13.9. The molecule has 1 aliphatic heterocycles. The summed E-state index contributed by atoms with van der Waals surface area (Å²) in [7, 11) is -1.09. The summed E-state index contributed by atoms with van der Waals surface area (Å²) >= 11 is 0. The van der Waals surface area contributed by atoms with Crippen molar-refractivity contribution in [2.45, 2.75) is 11.3 Å². The Labute approximate surface area is 154 Å². The highest BCUT2D eigenvalue weighted by Crippen LogP contribution is 2.26. The fraction of sp³-hybridized carbons (Fsp3) is 0.100. The molecule has 1 unspecified atom stereocenters. The third kappa shape index (κ3) is 3.11. The smallest absolute Gasteiger partial charge is 0.0909 e. The van der Waals surface area contributed by atoms with E-state index in [1.807, 2.05) is 71.5 Å². The highest BCUT2D eigenvalue weighted by Gasteiger charge is 2.18. The Balaban J connectivity index is 1.75. The average molecular weight is 362 g/mol. The Hall–Kier alpha value is -2.99. The first-order valence-electron chi connectivity index (χ1n) is 8.30. The molecular formula is C20H18N4OS. The fourth-order valence-corrected chi connectivity index (χ4v) is 3.67. The number of anilines is 1. The fourth-order valence-electron chi connectivity index (χ4n) is 2.94. The number of allylic oxidation sites excluding steroid dienone is 1. The van der Waals surface area contributed by atoms with E-state index in [1.165, 1.54) is 0 Å². The van der Waals surface area contributed by atoms with Crippen LogP contribution < -0.4 is 5.01 Å². The molecule has 130 valence electrons. The van der Waals surface area contributed by atoms with Gasteiger partial charge in [-0.05, 0) is 30.3 Å². The number of hydrogen-bond donors (Lipinski definition) is 0. The maximum absolute atomic E-state index is 12.1. The number of aromatic nitrogens is 2. The van der Waals surface area contributed by atoms with Crippen LogP contribution in [-0.4, -0.2) is 26.0 Å². The monoisotopic (exact) mass is 362 g/mol. The van der Waals surface area contributed by atoms with Crippen LogP contribution in [0, 0.1) is 0 Å². The minimum absolute atomic E-state index is 0.715. The van der Waals surface area contributed by atoms with Crippen molar-refractivity contribution >= 4 is 22.2 Å². The SMILES string of the molecule is CS(=O)c1ccccc1N1C=CCC(c2ccnn2-c2ccccc2)=N1. The summed E-state index contributed by atoms with van der Waals surface area (Å²) in [6, 6.07) is 19.6. The van der Waals surface area contributed by atoms with Crippen LogP contribution in [0.25, 0.3) is 5.69 Å². The van der Waals surface area contributed by atoms with E-state index in [0.29, 0.717) is 6.42 Å². The van der Waals surface area contributed by atoms with E-state index in [1.54, 1.807) is 17.5 Å². The number of rotatable bonds is 4. The summed E-state index contributed by atoms with van der Waals surface area (Å²) in [5, 5.41) is 11.0. The molecule has 0 N–H and O–H groups in total. The van der Waals surface area contributed by atoms with Gasteiger partial charge in [-0.15, -0.1) is 0 Å². The highest BCUT2D eigenvalue weighted by molar-refractivity contribution is 7.84. The lowest BCUT2D eigenvalue weighted by atomic mass is 10.1. The van der Waals surface area contributed by atoms with Crippen LogP contribution in [0.15, 0.2) is 89.1 Å². The lowest BCUT2D eigenvalue weighted by Gasteiger charge is -2.22. The second-order valence-electron chi connectivity index (χ2n) is 5.87. The van der Waals surface area contributed by atoms with Crippen LogP contribution >= 0.6 is 0 Å². The van der Waals surface area contributed by atoms with E-state index in [9.17, 15) is 4.21 Å². The highest BCUT2D eigenvalue weighted by atomic mass is 32.2. The standard InChI is InChI=1S/C20H18N4OS/c1-26(25)20-12-6-5-11-19(20)23-15-7-10-17(22-23)18-13-14-21-24(18)16-8-3-2-4-9-16/h2-9,11-15H,10H2,1H3. The molecule has 0 radical (unpaired) electrons. The Morgan fingerprint density at radius 1 is 1.00 bits per heavy atom. The van der Waals surface area contributed by atoms with Gasteiger partial charge in [-0.3, -0.25) is 4.21 Å². The number of hydrogen-bond acceptors (Lipinski definition) is 4. The van der Waals surface area contributed by atoms with E-state index < -0.39 is 10.8 Å². The van der Waals surface area contributed by atoms with E-state index in [4.69, 9.17) is 5.10 Å². The molecule has 4 rings (SSSR count). The minimum Gasteiger partial charge on any atom is -0.255 e. The molecule has 0 bridgehead atoms. The first-order chi connectivity index (χ1) is 12.7. The van der Waals surface area contributed by atoms with E-state index >= 15 is 0 Å². The number of nitrogens with zero attached hydrogens (tertiary/aromatic N) is 4. The van der Waals surface area contributed by atoms with Crippen molar-refractivity contribution < 1.29 is 4.21 Å². The minimum atomic E-state index is -1.09. The zero-order valence-electron chi connectivity index (χ0n) is 14.3. The predicted octanol–water partition coefficient (Wildman–Crippen LogP) is 3.74. The molecule has 5 nitrogen and oxygen atoms in total. The summed E-state index contributed by atoms with van der Waals surface area (Å²) in [6.07, 6.45) is 8.15. The van der Waals surface area contributed by atoms with Gasteiger partial charge in [-0.2, -0.15) is 10.2 Å². The Kier molecular flexibility index (Phi) is 4.50. The van der Waals surface area contributed by atoms with E-state index in [0.717, 1.165) is 27.7 Å². The third-order valence-corrected chi connectivity index (χ3v) is 5.11. The lowest BCUT2D eigenvalue weighted by Crippen LogP contribution is -2.20. The van der Waals surface area contributed by atoms with Gasteiger partial charge < -0.3 is 0 Å². The van der Waals surface area contributed by atoms with Gasteiger partial charge in [0.15, 0.2) is 0 Å². The second kappa shape index (κ2) is 7.09. The molecule has 0 fully saturated rings. The molecule has 1 aliphatic rings. The summed E-state index contributed by atoms with van der Waals surface area (Å²) in [4.78, 5) is 0.763. The topological polar surface area (TPSA) is 50.5 Å². The van der Waals surface area contributed by atoms with Crippen LogP contribution in [-0.2, 0) is 10.8 Å². The Morgan fingerprint density at radius 3 is 2.58 bits per heavy atom. The quantitative estimate of drug-likeness (QED) is 0.710. The molecule has 1 atom stereocenters. The van der Waals surface area contributed by atoms with Crippen LogP contribution in [0.1, 0.15) is 12.1 Å². The molecule has 0 amide bonds. The summed E-state index contributed by atoms with van der Waals surface area (Å²) in [5.74, 6) is 0. The summed E-state index contributed by atoms with van der Waals surface area (Å²) in [6.45, 7) is 0. The van der Waals surface area contributed by atoms with Crippen molar-refractivity contribution in [3.63, 3.8) is 0 Å². The van der Waals surface area contributed by atoms with Crippen molar-refractivity contribution in [2.75, 3.05) is 11.3 Å². The molecule has 2 heterocycles. The number of para-hydroxylation sites is 2. The van der Waals surface area contributed by atoms with Gasteiger partial charge >= 0.3 is 0 Å². The molecule has 0 saturated carbocycles. The summed E-state index contributed by atoms with van der Waals surface area (Å²) in [5.41, 5.74) is 3.67. The van der Waals surface area contributed by atoms with Crippen LogP contribution in [0.3, 0.4) is 0 Å². The average Bonchev–Trinajstić information content (AvgIpc) is 3.19. The van der Waals surface area contributed by atoms with Gasteiger partial charge in [-0.25, -0.2) is 9.69 Å². The molecule has 6 heteroatoms. The molecule has 2 aromatic carbocycles. The zero-order valence-corrected chi connectivity index (χ0v) is 15.1. The van der Waals surface area contributed by atoms with E-state index in [2.05, 4.69) is 11.2 Å².